The minimum absolute atomic E-state index is 0.127. The first kappa shape index (κ1) is 15.2. The van der Waals surface area contributed by atoms with Gasteiger partial charge in [-0.25, -0.2) is 0 Å². The summed E-state index contributed by atoms with van der Waals surface area (Å²) in [6, 6.07) is 13.6. The van der Waals surface area contributed by atoms with Gasteiger partial charge >= 0.3 is 0 Å². The quantitative estimate of drug-likeness (QED) is 0.873. The maximum Gasteiger partial charge on any atom is 0.172 e. The molecule has 2 bridgehead atoms. The van der Waals surface area contributed by atoms with Crippen molar-refractivity contribution in [1.29, 1.82) is 0 Å². The highest BCUT2D eigenvalue weighted by atomic mass is 32.2. The van der Waals surface area contributed by atoms with E-state index in [0.717, 1.165) is 10.7 Å². The Hall–Kier alpha value is -1.31. The molecule has 0 radical (unpaired) electrons. The van der Waals surface area contributed by atoms with E-state index in [0.29, 0.717) is 13.2 Å². The lowest BCUT2D eigenvalue weighted by atomic mass is 10.00. The van der Waals surface area contributed by atoms with Crippen molar-refractivity contribution >= 4 is 11.8 Å². The van der Waals surface area contributed by atoms with E-state index in [9.17, 15) is 5.11 Å². The van der Waals surface area contributed by atoms with Crippen LogP contribution in [0.5, 0.6) is 0 Å². The molecule has 5 nitrogen and oxygen atoms in total. The van der Waals surface area contributed by atoms with Crippen molar-refractivity contribution in [3.8, 4) is 0 Å². The lowest BCUT2D eigenvalue weighted by molar-refractivity contribution is -0.123. The van der Waals surface area contributed by atoms with Crippen LogP contribution in [0.25, 0.3) is 0 Å². The van der Waals surface area contributed by atoms with Gasteiger partial charge in [-0.2, -0.15) is 0 Å². The average Bonchev–Trinajstić information content (AvgIpc) is 3.23. The van der Waals surface area contributed by atoms with Crippen molar-refractivity contribution in [3.63, 3.8) is 0 Å². The number of aliphatic hydroxyl groups excluding tert-OH is 1. The van der Waals surface area contributed by atoms with E-state index in [4.69, 9.17) is 13.9 Å². The number of furan rings is 1. The van der Waals surface area contributed by atoms with Gasteiger partial charge in [0.1, 0.15) is 11.9 Å². The number of rotatable bonds is 5. The summed E-state index contributed by atoms with van der Waals surface area (Å²) in [6.45, 7) is 1.06. The number of benzene rings is 1. The summed E-state index contributed by atoms with van der Waals surface area (Å²) in [5, 5.41) is 14.0. The highest BCUT2D eigenvalue weighted by molar-refractivity contribution is 8.00. The SMILES string of the molecule is O[C@H]1[C@H](NCc2ccco2)[C@H]2CO[C@H](O2)[C@@H]1Sc1ccccc1. The predicted molar refractivity (Wildman–Crippen MR) is 86.0 cm³/mol. The topological polar surface area (TPSA) is 63.9 Å². The van der Waals surface area contributed by atoms with Crippen LogP contribution in [0.4, 0.5) is 0 Å². The fraction of sp³-hybridized carbons (Fsp3) is 0.412. The molecule has 2 aliphatic heterocycles. The molecule has 2 N–H and O–H groups in total. The highest BCUT2D eigenvalue weighted by Crippen LogP contribution is 2.38. The largest absolute Gasteiger partial charge is 0.468 e. The predicted octanol–water partition coefficient (Wildman–Crippen LogP) is 2.01. The molecule has 3 heterocycles. The zero-order chi connectivity index (χ0) is 15.6. The minimum atomic E-state index is -0.554. The fourth-order valence-corrected chi connectivity index (χ4v) is 4.24. The van der Waals surface area contributed by atoms with Gasteiger partial charge in [-0.15, -0.1) is 11.8 Å². The van der Waals surface area contributed by atoms with Crippen LogP contribution in [0.3, 0.4) is 0 Å². The Morgan fingerprint density at radius 3 is 2.83 bits per heavy atom. The maximum atomic E-state index is 10.8. The standard InChI is InChI=1S/C17H19NO4S/c19-15-14(18-9-11-5-4-8-20-11)13-10-21-17(22-13)16(15)23-12-6-2-1-3-7-12/h1-8,13-19H,9-10H2/t13-,14-,15+,16-,17-/m1/s1. The van der Waals surface area contributed by atoms with Crippen LogP contribution in [0.2, 0.25) is 0 Å². The zero-order valence-corrected chi connectivity index (χ0v) is 13.3. The van der Waals surface area contributed by atoms with Crippen LogP contribution < -0.4 is 5.32 Å². The van der Waals surface area contributed by atoms with Crippen LogP contribution in [0, 0.1) is 0 Å². The number of hydrogen-bond acceptors (Lipinski definition) is 6. The average molecular weight is 333 g/mol. The van der Waals surface area contributed by atoms with Gasteiger partial charge in [-0.05, 0) is 24.3 Å². The Balaban J connectivity index is 1.47. The van der Waals surface area contributed by atoms with Crippen molar-refractivity contribution in [2.24, 2.45) is 0 Å². The van der Waals surface area contributed by atoms with Crippen LogP contribution in [0.1, 0.15) is 5.76 Å². The second kappa shape index (κ2) is 6.67. The van der Waals surface area contributed by atoms with Gasteiger partial charge in [-0.1, -0.05) is 18.2 Å². The van der Waals surface area contributed by atoms with Gasteiger partial charge in [-0.3, -0.25) is 0 Å². The molecule has 1 aromatic heterocycles. The number of fused-ring (bicyclic) bond motifs is 2. The maximum absolute atomic E-state index is 10.8. The van der Waals surface area contributed by atoms with Crippen molar-refractivity contribution in [1.82, 2.24) is 5.32 Å². The molecule has 0 amide bonds. The van der Waals surface area contributed by atoms with Crippen LogP contribution in [0.15, 0.2) is 58.0 Å². The van der Waals surface area contributed by atoms with Crippen molar-refractivity contribution in [3.05, 3.63) is 54.5 Å². The van der Waals surface area contributed by atoms with E-state index in [1.807, 2.05) is 42.5 Å². The van der Waals surface area contributed by atoms with E-state index in [-0.39, 0.29) is 23.7 Å². The van der Waals surface area contributed by atoms with E-state index >= 15 is 0 Å². The lowest BCUT2D eigenvalue weighted by Gasteiger charge is -2.38. The molecular weight excluding hydrogens is 314 g/mol. The minimum Gasteiger partial charge on any atom is -0.468 e. The third-order valence-electron chi connectivity index (χ3n) is 4.21. The second-order valence-corrected chi connectivity index (χ2v) is 7.00. The molecule has 5 atom stereocenters. The van der Waals surface area contributed by atoms with Crippen LogP contribution in [-0.4, -0.2) is 41.5 Å². The lowest BCUT2D eigenvalue weighted by Crippen LogP contribution is -2.58. The normalized spacial score (nSPS) is 33.0. The Morgan fingerprint density at radius 1 is 1.17 bits per heavy atom. The Bertz CT molecular complexity index is 621. The van der Waals surface area contributed by atoms with Gasteiger partial charge in [0.15, 0.2) is 6.29 Å². The monoisotopic (exact) mass is 333 g/mol. The number of thioether (sulfide) groups is 1. The van der Waals surface area contributed by atoms with Crippen molar-refractivity contribution < 1.29 is 19.0 Å². The summed E-state index contributed by atoms with van der Waals surface area (Å²) < 4.78 is 17.0. The molecule has 0 unspecified atom stereocenters. The first-order valence-electron chi connectivity index (χ1n) is 7.74. The van der Waals surface area contributed by atoms with Gasteiger partial charge in [0.2, 0.25) is 0 Å². The smallest absolute Gasteiger partial charge is 0.172 e. The molecule has 2 fully saturated rings. The summed E-state index contributed by atoms with van der Waals surface area (Å²) >= 11 is 1.60. The van der Waals surface area contributed by atoms with Gasteiger partial charge in [0.25, 0.3) is 0 Å². The first-order chi connectivity index (χ1) is 11.3. The molecule has 4 rings (SSSR count). The summed E-state index contributed by atoms with van der Waals surface area (Å²) in [4.78, 5) is 1.10. The van der Waals surface area contributed by atoms with E-state index in [1.165, 1.54) is 0 Å². The van der Waals surface area contributed by atoms with Gasteiger partial charge in [0, 0.05) is 4.90 Å². The number of ether oxygens (including phenoxy) is 2. The van der Waals surface area contributed by atoms with E-state index in [1.54, 1.807) is 18.0 Å². The van der Waals surface area contributed by atoms with Gasteiger partial charge < -0.3 is 24.3 Å². The molecule has 2 saturated heterocycles. The van der Waals surface area contributed by atoms with Crippen molar-refractivity contribution in [2.45, 2.75) is 41.2 Å². The summed E-state index contributed by atoms with van der Waals surface area (Å²) in [6.07, 6.45) is 0.606. The van der Waals surface area contributed by atoms with Crippen molar-refractivity contribution in [2.75, 3.05) is 6.61 Å². The summed E-state index contributed by atoms with van der Waals surface area (Å²) in [7, 11) is 0. The first-order valence-corrected chi connectivity index (χ1v) is 8.62. The number of nitrogens with one attached hydrogen (secondary N) is 1. The van der Waals surface area contributed by atoms with Crippen LogP contribution >= 0.6 is 11.8 Å². The number of hydrogen-bond donors (Lipinski definition) is 2. The molecule has 2 aromatic rings. The Labute approximate surface area is 139 Å². The third kappa shape index (κ3) is 3.18. The molecule has 2 aliphatic rings. The third-order valence-corrected chi connectivity index (χ3v) is 5.53. The van der Waals surface area contributed by atoms with E-state index < -0.39 is 6.10 Å². The molecule has 23 heavy (non-hydrogen) atoms. The fourth-order valence-electron chi connectivity index (χ4n) is 3.05. The number of aliphatic hydroxyl groups is 1. The molecular formula is C17H19NO4S. The molecule has 1 aromatic carbocycles. The summed E-state index contributed by atoms with van der Waals surface area (Å²) in [5.41, 5.74) is 0. The Morgan fingerprint density at radius 2 is 2.04 bits per heavy atom. The molecule has 0 aliphatic carbocycles. The highest BCUT2D eigenvalue weighted by Gasteiger charge is 2.50. The summed E-state index contributed by atoms with van der Waals surface area (Å²) in [5.74, 6) is 0.838. The van der Waals surface area contributed by atoms with Gasteiger partial charge in [0.05, 0.1) is 36.8 Å². The molecule has 0 spiro atoms. The molecule has 122 valence electrons. The second-order valence-electron chi connectivity index (χ2n) is 5.75. The van der Waals surface area contributed by atoms with E-state index in [2.05, 4.69) is 5.32 Å². The molecule has 6 heteroatoms. The van der Waals surface area contributed by atoms with Crippen LogP contribution in [-0.2, 0) is 16.0 Å². The molecule has 0 saturated carbocycles. The zero-order valence-electron chi connectivity index (χ0n) is 12.5. The Kier molecular flexibility index (Phi) is 4.41.